The van der Waals surface area contributed by atoms with Crippen molar-refractivity contribution in [3.05, 3.63) is 112 Å². The van der Waals surface area contributed by atoms with Crippen LogP contribution in [-0.2, 0) is 30.5 Å². The largest absolute Gasteiger partial charge is 0.508 e. The molecule has 252 valence electrons. The highest BCUT2D eigenvalue weighted by Gasteiger charge is 2.34. The lowest BCUT2D eigenvalue weighted by atomic mass is 9.78. The fraction of sp³-hybridized carbons (Fsp3) is 0.316. The quantitative estimate of drug-likeness (QED) is 0.270. The van der Waals surface area contributed by atoms with Gasteiger partial charge in [0.05, 0.1) is 19.8 Å². The molecule has 0 aromatic heterocycles. The van der Waals surface area contributed by atoms with Gasteiger partial charge in [0.25, 0.3) is 0 Å². The monoisotopic (exact) mass is 645 g/mol. The Morgan fingerprint density at radius 2 is 1.55 bits per heavy atom. The van der Waals surface area contributed by atoms with E-state index in [1.165, 1.54) is 0 Å². The number of aromatic hydroxyl groups is 1. The number of aryl methyl sites for hydroxylation is 2. The lowest BCUT2D eigenvalue weighted by molar-refractivity contribution is -0.140. The van der Waals surface area contributed by atoms with E-state index in [2.05, 4.69) is 5.32 Å². The van der Waals surface area contributed by atoms with Crippen molar-refractivity contribution < 1.29 is 38.5 Å². The lowest BCUT2D eigenvalue weighted by Crippen LogP contribution is -2.31. The molecule has 0 spiro atoms. The van der Waals surface area contributed by atoms with E-state index < -0.39 is 5.97 Å². The maximum absolute atomic E-state index is 13.1. The smallest absolute Gasteiger partial charge is 0.336 e. The van der Waals surface area contributed by atoms with Gasteiger partial charge in [0.2, 0.25) is 0 Å². The van der Waals surface area contributed by atoms with Gasteiger partial charge in [-0.15, -0.1) is 0 Å². The van der Waals surface area contributed by atoms with E-state index in [1.807, 2.05) is 103 Å². The standard InChI is InChI=1S/C27H29NO5.C7H8O.C2H6.2CH2O/c1-16-8-7-9-18(26(16)32-4)15-33-27(30)21-14-22-23(28-17(21)2)12-19(13-24(22)29)20-10-5-6-11-25(20)31-3;1-6-3-2-4-7(8)5-6;3*1-2/h5-11,19,28H,12-15H2,1-4H3;2-5,8H,1H3;1-2H3;2*1H2/t19-;;;;/m1..../s1. The number of phenolic OH excluding ortho intramolecular Hbond substituents is 1. The Morgan fingerprint density at radius 1 is 0.894 bits per heavy atom. The third-order valence-electron chi connectivity index (χ3n) is 7.41. The van der Waals surface area contributed by atoms with Crippen molar-refractivity contribution in [1.29, 1.82) is 0 Å². The maximum Gasteiger partial charge on any atom is 0.336 e. The van der Waals surface area contributed by atoms with Gasteiger partial charge in [-0.3, -0.25) is 4.79 Å². The van der Waals surface area contributed by atoms with Gasteiger partial charge in [0, 0.05) is 41.3 Å². The van der Waals surface area contributed by atoms with Crippen LogP contribution in [0.2, 0.25) is 0 Å². The molecule has 9 nitrogen and oxygen atoms in total. The molecule has 47 heavy (non-hydrogen) atoms. The molecule has 3 aromatic rings. The van der Waals surface area contributed by atoms with Crippen molar-refractivity contribution in [3.63, 3.8) is 0 Å². The second-order valence-electron chi connectivity index (χ2n) is 10.3. The fourth-order valence-electron chi connectivity index (χ4n) is 5.33. The normalized spacial score (nSPS) is 14.4. The molecule has 1 heterocycles. The summed E-state index contributed by atoms with van der Waals surface area (Å²) >= 11 is 0. The van der Waals surface area contributed by atoms with E-state index in [9.17, 15) is 9.59 Å². The third kappa shape index (κ3) is 11.0. The number of carbonyl (C=O) groups excluding carboxylic acids is 4. The van der Waals surface area contributed by atoms with E-state index in [4.69, 9.17) is 28.9 Å². The summed E-state index contributed by atoms with van der Waals surface area (Å²) in [6.45, 7) is 13.9. The molecule has 2 N–H and O–H groups in total. The summed E-state index contributed by atoms with van der Waals surface area (Å²) in [6.07, 6.45) is 1.37. The van der Waals surface area contributed by atoms with Gasteiger partial charge in [-0.1, -0.05) is 62.4 Å². The van der Waals surface area contributed by atoms with Crippen molar-refractivity contribution >= 4 is 25.3 Å². The molecular formula is C38H47NO8. The molecule has 0 unspecified atom stereocenters. The first-order valence-electron chi connectivity index (χ1n) is 15.2. The SMILES string of the molecule is C=O.C=O.CC.COc1ccccc1[C@H]1CC(=O)C2=C(C1)NC(C)=C(C(=O)OCc1cccc(C)c1OC)C2.Cc1cccc(O)c1. The molecule has 0 radical (unpaired) electrons. The number of ether oxygens (including phenoxy) is 3. The van der Waals surface area contributed by atoms with Gasteiger partial charge in [0.1, 0.15) is 37.4 Å². The number of esters is 1. The van der Waals surface area contributed by atoms with Crippen LogP contribution in [0.4, 0.5) is 0 Å². The average Bonchev–Trinajstić information content (AvgIpc) is 3.09. The second kappa shape index (κ2) is 20.8. The minimum absolute atomic E-state index is 0.0370. The first-order chi connectivity index (χ1) is 22.7. The van der Waals surface area contributed by atoms with Crippen LogP contribution in [-0.4, -0.2) is 44.7 Å². The number of hydrogen-bond acceptors (Lipinski definition) is 9. The molecule has 5 rings (SSSR count). The van der Waals surface area contributed by atoms with Crippen molar-refractivity contribution in [1.82, 2.24) is 5.32 Å². The molecule has 3 aromatic carbocycles. The molecule has 1 aliphatic carbocycles. The molecule has 0 amide bonds. The Bertz CT molecular complexity index is 1520. The van der Waals surface area contributed by atoms with Gasteiger partial charge in [-0.05, 0) is 62.1 Å². The van der Waals surface area contributed by atoms with E-state index >= 15 is 0 Å². The fourth-order valence-corrected chi connectivity index (χ4v) is 5.33. The Morgan fingerprint density at radius 3 is 2.15 bits per heavy atom. The number of phenols is 1. The molecular weight excluding hydrogens is 598 g/mol. The first kappa shape index (κ1) is 39.8. The third-order valence-corrected chi connectivity index (χ3v) is 7.41. The molecule has 0 saturated heterocycles. The molecule has 1 atom stereocenters. The predicted molar refractivity (Wildman–Crippen MR) is 183 cm³/mol. The van der Waals surface area contributed by atoms with E-state index in [0.717, 1.165) is 39.4 Å². The summed E-state index contributed by atoms with van der Waals surface area (Å²) in [6, 6.07) is 20.7. The lowest BCUT2D eigenvalue weighted by Gasteiger charge is -2.32. The van der Waals surface area contributed by atoms with Crippen LogP contribution in [0.3, 0.4) is 0 Å². The summed E-state index contributed by atoms with van der Waals surface area (Å²) in [5, 5.41) is 12.1. The van der Waals surface area contributed by atoms with Crippen LogP contribution >= 0.6 is 0 Å². The Kier molecular flexibility index (Phi) is 17.6. The van der Waals surface area contributed by atoms with E-state index in [1.54, 1.807) is 26.4 Å². The molecule has 2 aliphatic rings. The average molecular weight is 646 g/mol. The Balaban J connectivity index is 0.000000668. The van der Waals surface area contributed by atoms with E-state index in [-0.39, 0.29) is 24.7 Å². The van der Waals surface area contributed by atoms with Gasteiger partial charge in [-0.25, -0.2) is 4.79 Å². The number of rotatable bonds is 6. The maximum atomic E-state index is 13.1. The number of carbonyl (C=O) groups is 4. The van der Waals surface area contributed by atoms with Crippen molar-refractivity contribution in [3.8, 4) is 17.2 Å². The van der Waals surface area contributed by atoms with Crippen molar-refractivity contribution in [2.75, 3.05) is 14.2 Å². The summed E-state index contributed by atoms with van der Waals surface area (Å²) in [7, 11) is 3.25. The van der Waals surface area contributed by atoms with Crippen molar-refractivity contribution in [2.45, 2.75) is 66.4 Å². The zero-order valence-corrected chi connectivity index (χ0v) is 28.5. The number of allylic oxidation sites excluding steroid dienone is 3. The van der Waals surface area contributed by atoms with Gasteiger partial charge in [-0.2, -0.15) is 0 Å². The van der Waals surface area contributed by atoms with Crippen LogP contribution in [0.15, 0.2) is 89.3 Å². The zero-order valence-electron chi connectivity index (χ0n) is 28.5. The molecule has 0 bridgehead atoms. The predicted octanol–water partition coefficient (Wildman–Crippen LogP) is 7.08. The molecule has 1 aliphatic heterocycles. The van der Waals surface area contributed by atoms with Crippen LogP contribution in [0.5, 0.6) is 17.2 Å². The van der Waals surface area contributed by atoms with Crippen LogP contribution in [0, 0.1) is 13.8 Å². The minimum Gasteiger partial charge on any atom is -0.508 e. The summed E-state index contributed by atoms with van der Waals surface area (Å²) in [5.74, 6) is 1.51. The number of benzene rings is 3. The summed E-state index contributed by atoms with van der Waals surface area (Å²) in [4.78, 5) is 42.0. The Hall–Kier alpha value is -5.18. The topological polar surface area (TPSA) is 128 Å². The van der Waals surface area contributed by atoms with Gasteiger partial charge >= 0.3 is 5.97 Å². The van der Waals surface area contributed by atoms with E-state index in [0.29, 0.717) is 35.5 Å². The van der Waals surface area contributed by atoms with Gasteiger partial charge < -0.3 is 34.2 Å². The first-order valence-corrected chi connectivity index (χ1v) is 15.2. The molecule has 9 heteroatoms. The number of Topliss-reactive ketones (excluding diaryl/α,β-unsaturated/α-hetero) is 1. The highest BCUT2D eigenvalue weighted by atomic mass is 16.5. The number of nitrogens with one attached hydrogen (secondary N) is 1. The number of para-hydroxylation sites is 2. The summed E-state index contributed by atoms with van der Waals surface area (Å²) < 4.78 is 16.5. The number of hydrogen-bond donors (Lipinski definition) is 2. The highest BCUT2D eigenvalue weighted by molar-refractivity contribution is 6.01. The minimum atomic E-state index is -0.422. The molecule has 0 saturated carbocycles. The Labute approximate surface area is 278 Å². The van der Waals surface area contributed by atoms with Crippen LogP contribution < -0.4 is 14.8 Å². The zero-order chi connectivity index (χ0) is 35.5. The van der Waals surface area contributed by atoms with Crippen molar-refractivity contribution in [2.24, 2.45) is 0 Å². The van der Waals surface area contributed by atoms with Crippen LogP contribution in [0.1, 0.15) is 68.2 Å². The number of dihydropyridines is 1. The number of methoxy groups -OCH3 is 2. The molecule has 0 fully saturated rings. The highest BCUT2D eigenvalue weighted by Crippen LogP contribution is 2.41. The van der Waals surface area contributed by atoms with Crippen LogP contribution in [0.25, 0.3) is 0 Å². The van der Waals surface area contributed by atoms with Gasteiger partial charge in [0.15, 0.2) is 5.78 Å². The second-order valence-corrected chi connectivity index (χ2v) is 10.3. The number of ketones is 1. The summed E-state index contributed by atoms with van der Waals surface area (Å²) in [5.41, 5.74) is 6.68.